The van der Waals surface area contributed by atoms with Crippen LogP contribution in [0, 0.1) is 0 Å². The minimum atomic E-state index is 0.488. The number of likely N-dealkylation sites (N-methyl/N-ethyl adjacent to an activating group) is 1. The lowest BCUT2D eigenvalue weighted by Crippen LogP contribution is -2.25. The summed E-state index contributed by atoms with van der Waals surface area (Å²) < 4.78 is 0. The summed E-state index contributed by atoms with van der Waals surface area (Å²) in [6.07, 6.45) is 3.76. The third-order valence-corrected chi connectivity index (χ3v) is 2.51. The Labute approximate surface area is 105 Å². The molecule has 1 aromatic heterocycles. The van der Waals surface area contributed by atoms with Crippen LogP contribution in [0.5, 0.6) is 0 Å². The highest BCUT2D eigenvalue weighted by Crippen LogP contribution is 2.18. The average Bonchev–Trinajstić information content (AvgIpc) is 2.25. The molecule has 0 spiro atoms. The Balaban J connectivity index is 2.79. The van der Waals surface area contributed by atoms with E-state index in [-0.39, 0.29) is 0 Å². The van der Waals surface area contributed by atoms with Crippen LogP contribution in [0.3, 0.4) is 0 Å². The summed E-state index contributed by atoms with van der Waals surface area (Å²) in [6.45, 7) is 12.0. The molecule has 1 rings (SSSR count). The molecule has 0 saturated carbocycles. The second-order valence-electron chi connectivity index (χ2n) is 4.85. The first-order valence-corrected chi connectivity index (χ1v) is 6.02. The first kappa shape index (κ1) is 13.7. The van der Waals surface area contributed by atoms with Gasteiger partial charge in [-0.05, 0) is 18.6 Å². The molecule has 0 radical (unpaired) electrons. The van der Waals surface area contributed by atoms with Gasteiger partial charge in [0.1, 0.15) is 0 Å². The molecule has 1 heterocycles. The van der Waals surface area contributed by atoms with E-state index in [0.717, 1.165) is 18.7 Å². The molecular formula is C14H23N3. The molecular weight excluding hydrogens is 210 g/mol. The van der Waals surface area contributed by atoms with Crippen LogP contribution in [-0.2, 0) is 6.54 Å². The quantitative estimate of drug-likeness (QED) is 0.765. The molecule has 1 N–H and O–H groups in total. The van der Waals surface area contributed by atoms with Crippen LogP contribution < -0.4 is 10.2 Å². The summed E-state index contributed by atoms with van der Waals surface area (Å²) in [4.78, 5) is 6.39. The van der Waals surface area contributed by atoms with Gasteiger partial charge in [0.25, 0.3) is 0 Å². The van der Waals surface area contributed by atoms with Gasteiger partial charge in [-0.1, -0.05) is 26.0 Å². The van der Waals surface area contributed by atoms with E-state index in [9.17, 15) is 0 Å². The molecule has 0 atom stereocenters. The smallest absolute Gasteiger partial charge is 0.0598 e. The third kappa shape index (κ3) is 4.57. The predicted octanol–water partition coefficient (Wildman–Crippen LogP) is 2.59. The second kappa shape index (κ2) is 6.40. The fourth-order valence-corrected chi connectivity index (χ4v) is 1.71. The Morgan fingerprint density at radius 3 is 2.82 bits per heavy atom. The predicted molar refractivity (Wildman–Crippen MR) is 74.3 cm³/mol. The molecule has 0 aliphatic rings. The van der Waals surface area contributed by atoms with Crippen LogP contribution >= 0.6 is 0 Å². The highest BCUT2D eigenvalue weighted by Gasteiger charge is 2.07. The summed E-state index contributed by atoms with van der Waals surface area (Å²) in [5, 5.41) is 3.43. The number of nitrogens with zero attached hydrogens (tertiary/aromatic N) is 2. The molecule has 17 heavy (non-hydrogen) atoms. The monoisotopic (exact) mass is 233 g/mol. The molecule has 3 heteroatoms. The van der Waals surface area contributed by atoms with E-state index < -0.39 is 0 Å². The number of hydrogen-bond acceptors (Lipinski definition) is 3. The van der Waals surface area contributed by atoms with Gasteiger partial charge in [0, 0.05) is 32.4 Å². The maximum atomic E-state index is 4.20. The number of nitrogens with one attached hydrogen (secondary N) is 1. The van der Waals surface area contributed by atoms with Crippen molar-refractivity contribution in [2.45, 2.75) is 33.4 Å². The van der Waals surface area contributed by atoms with E-state index in [1.54, 1.807) is 0 Å². The Morgan fingerprint density at radius 2 is 2.24 bits per heavy atom. The van der Waals surface area contributed by atoms with Crippen molar-refractivity contribution in [3.63, 3.8) is 0 Å². The lowest BCUT2D eigenvalue weighted by Gasteiger charge is -2.22. The zero-order valence-corrected chi connectivity index (χ0v) is 11.3. The maximum absolute atomic E-state index is 4.20. The van der Waals surface area contributed by atoms with E-state index in [1.165, 1.54) is 11.3 Å². The van der Waals surface area contributed by atoms with Crippen molar-refractivity contribution >= 4 is 5.69 Å². The SMILES string of the molecule is C=C(C)CN(C)c1cnccc1CNC(C)C. The fourth-order valence-electron chi connectivity index (χ4n) is 1.71. The summed E-state index contributed by atoms with van der Waals surface area (Å²) in [5.74, 6) is 0. The van der Waals surface area contributed by atoms with Crippen molar-refractivity contribution in [2.75, 3.05) is 18.5 Å². The summed E-state index contributed by atoms with van der Waals surface area (Å²) in [6, 6.07) is 2.56. The normalized spacial score (nSPS) is 10.6. The molecule has 1 aromatic rings. The minimum absolute atomic E-state index is 0.488. The van der Waals surface area contributed by atoms with Crippen LogP contribution in [0.2, 0.25) is 0 Å². The topological polar surface area (TPSA) is 28.2 Å². The van der Waals surface area contributed by atoms with Gasteiger partial charge in [0.2, 0.25) is 0 Å². The average molecular weight is 233 g/mol. The van der Waals surface area contributed by atoms with Crippen LogP contribution in [-0.4, -0.2) is 24.6 Å². The Morgan fingerprint density at radius 1 is 1.53 bits per heavy atom. The van der Waals surface area contributed by atoms with E-state index in [1.807, 2.05) is 19.3 Å². The van der Waals surface area contributed by atoms with Crippen molar-refractivity contribution < 1.29 is 0 Å². The largest absolute Gasteiger partial charge is 0.369 e. The number of rotatable bonds is 6. The number of anilines is 1. The lowest BCUT2D eigenvalue weighted by atomic mass is 10.2. The van der Waals surface area contributed by atoms with E-state index >= 15 is 0 Å². The highest BCUT2D eigenvalue weighted by atomic mass is 15.1. The van der Waals surface area contributed by atoms with E-state index in [0.29, 0.717) is 6.04 Å². The molecule has 0 bridgehead atoms. The van der Waals surface area contributed by atoms with Crippen molar-refractivity contribution in [2.24, 2.45) is 0 Å². The second-order valence-corrected chi connectivity index (χ2v) is 4.85. The molecule has 0 saturated heterocycles. The van der Waals surface area contributed by atoms with Gasteiger partial charge in [0.15, 0.2) is 0 Å². The zero-order chi connectivity index (χ0) is 12.8. The molecule has 0 aliphatic heterocycles. The molecule has 0 aromatic carbocycles. The van der Waals surface area contributed by atoms with Crippen molar-refractivity contribution in [1.82, 2.24) is 10.3 Å². The van der Waals surface area contributed by atoms with Gasteiger partial charge in [0.05, 0.1) is 11.9 Å². The minimum Gasteiger partial charge on any atom is -0.369 e. The first-order chi connectivity index (χ1) is 8.00. The summed E-state index contributed by atoms with van der Waals surface area (Å²) in [7, 11) is 2.07. The van der Waals surface area contributed by atoms with Crippen LogP contribution in [0.1, 0.15) is 26.3 Å². The van der Waals surface area contributed by atoms with Crippen molar-refractivity contribution in [3.05, 3.63) is 36.2 Å². The van der Waals surface area contributed by atoms with Gasteiger partial charge >= 0.3 is 0 Å². The van der Waals surface area contributed by atoms with Crippen molar-refractivity contribution in [1.29, 1.82) is 0 Å². The standard InChI is InChI=1S/C14H23N3/c1-11(2)10-17(5)14-9-15-7-6-13(14)8-16-12(3)4/h6-7,9,12,16H,1,8,10H2,2-5H3. The van der Waals surface area contributed by atoms with Gasteiger partial charge in [-0.2, -0.15) is 0 Å². The van der Waals surface area contributed by atoms with Gasteiger partial charge in [-0.3, -0.25) is 4.98 Å². The Hall–Kier alpha value is -1.35. The van der Waals surface area contributed by atoms with Crippen LogP contribution in [0.15, 0.2) is 30.6 Å². The maximum Gasteiger partial charge on any atom is 0.0598 e. The molecule has 0 amide bonds. The van der Waals surface area contributed by atoms with E-state index in [4.69, 9.17) is 0 Å². The molecule has 0 aliphatic carbocycles. The molecule has 0 unspecified atom stereocenters. The molecule has 3 nitrogen and oxygen atoms in total. The summed E-state index contributed by atoms with van der Waals surface area (Å²) >= 11 is 0. The number of aromatic nitrogens is 1. The third-order valence-electron chi connectivity index (χ3n) is 2.51. The van der Waals surface area contributed by atoms with Crippen LogP contribution in [0.4, 0.5) is 5.69 Å². The van der Waals surface area contributed by atoms with Gasteiger partial charge < -0.3 is 10.2 Å². The first-order valence-electron chi connectivity index (χ1n) is 6.02. The highest BCUT2D eigenvalue weighted by molar-refractivity contribution is 5.51. The van der Waals surface area contributed by atoms with Crippen LogP contribution in [0.25, 0.3) is 0 Å². The Kier molecular flexibility index (Phi) is 5.16. The van der Waals surface area contributed by atoms with Gasteiger partial charge in [-0.25, -0.2) is 0 Å². The molecule has 94 valence electrons. The zero-order valence-electron chi connectivity index (χ0n) is 11.3. The lowest BCUT2D eigenvalue weighted by molar-refractivity contribution is 0.588. The summed E-state index contributed by atoms with van der Waals surface area (Å²) in [5.41, 5.74) is 3.60. The molecule has 0 fully saturated rings. The van der Waals surface area contributed by atoms with E-state index in [2.05, 4.69) is 48.7 Å². The van der Waals surface area contributed by atoms with Crippen molar-refractivity contribution in [3.8, 4) is 0 Å². The fraction of sp³-hybridized carbons (Fsp3) is 0.500. The van der Waals surface area contributed by atoms with Gasteiger partial charge in [-0.15, -0.1) is 0 Å². The number of pyridine rings is 1. The number of hydrogen-bond donors (Lipinski definition) is 1. The Bertz CT molecular complexity index is 371.